The lowest BCUT2D eigenvalue weighted by molar-refractivity contribution is -0.0480. The van der Waals surface area contributed by atoms with Crippen molar-refractivity contribution in [2.24, 2.45) is 11.8 Å². The van der Waals surface area contributed by atoms with Crippen LogP contribution in [0.25, 0.3) is 0 Å². The second-order valence-electron chi connectivity index (χ2n) is 8.28. The van der Waals surface area contributed by atoms with Crippen LogP contribution in [0.1, 0.15) is 70.6 Å². The van der Waals surface area contributed by atoms with E-state index >= 15 is 0 Å². The molecule has 0 radical (unpaired) electrons. The topological polar surface area (TPSA) is 18.5 Å². The van der Waals surface area contributed by atoms with Gasteiger partial charge in [-0.15, -0.1) is 0 Å². The highest BCUT2D eigenvalue weighted by Crippen LogP contribution is 2.50. The number of rotatable bonds is 0. The number of allylic oxidation sites excluding steroid dienone is 5. The summed E-state index contributed by atoms with van der Waals surface area (Å²) in [6.07, 6.45) is 18.1. The number of thiocarbonyl (C=S) groups is 1. The van der Waals surface area contributed by atoms with Crippen molar-refractivity contribution < 1.29 is 9.47 Å². The molecule has 2 unspecified atom stereocenters. The Hall–Kier alpha value is -1.09. The molecule has 128 valence electrons. The van der Waals surface area contributed by atoms with Gasteiger partial charge in [0.15, 0.2) is 5.05 Å². The van der Waals surface area contributed by atoms with Crippen molar-refractivity contribution in [2.45, 2.75) is 76.2 Å². The molecule has 0 amide bonds. The van der Waals surface area contributed by atoms with E-state index in [4.69, 9.17) is 21.7 Å². The summed E-state index contributed by atoms with van der Waals surface area (Å²) in [5, 5.41) is 0.765. The lowest BCUT2D eigenvalue weighted by Gasteiger charge is -2.46. The molecular weight excluding hydrogens is 316 g/mol. The van der Waals surface area contributed by atoms with Crippen LogP contribution in [0.3, 0.4) is 0 Å². The third-order valence-electron chi connectivity index (χ3n) is 6.77. The molecule has 0 N–H and O–H groups in total. The Labute approximate surface area is 150 Å². The summed E-state index contributed by atoms with van der Waals surface area (Å²) >= 11 is 5.31. The molecule has 3 aliphatic carbocycles. The SMILES string of the molecule is S=C1CCC2CC3CC=C4CCC5(CCCCC5)OC4=C3C=C2O1. The van der Waals surface area contributed by atoms with Gasteiger partial charge >= 0.3 is 0 Å². The summed E-state index contributed by atoms with van der Waals surface area (Å²) < 4.78 is 12.7. The van der Waals surface area contributed by atoms with Crippen molar-refractivity contribution in [3.05, 3.63) is 34.8 Å². The van der Waals surface area contributed by atoms with Gasteiger partial charge in [-0.1, -0.05) is 12.5 Å². The average molecular weight is 343 g/mol. The maximum Gasteiger partial charge on any atom is 0.166 e. The van der Waals surface area contributed by atoms with E-state index in [0.717, 1.165) is 23.7 Å². The molecule has 5 aliphatic rings. The van der Waals surface area contributed by atoms with Crippen LogP contribution in [-0.4, -0.2) is 10.7 Å². The van der Waals surface area contributed by atoms with Crippen LogP contribution in [0.4, 0.5) is 0 Å². The third kappa shape index (κ3) is 2.47. The highest BCUT2D eigenvalue weighted by atomic mass is 32.1. The Morgan fingerprint density at radius 2 is 1.92 bits per heavy atom. The van der Waals surface area contributed by atoms with Crippen LogP contribution in [0.15, 0.2) is 34.8 Å². The minimum atomic E-state index is 0.123. The number of fused-ring (bicyclic) bond motifs is 3. The molecule has 24 heavy (non-hydrogen) atoms. The van der Waals surface area contributed by atoms with Crippen molar-refractivity contribution in [1.82, 2.24) is 0 Å². The van der Waals surface area contributed by atoms with Gasteiger partial charge in [-0.25, -0.2) is 0 Å². The zero-order valence-corrected chi connectivity index (χ0v) is 15.1. The van der Waals surface area contributed by atoms with Crippen LogP contribution in [0.5, 0.6) is 0 Å². The van der Waals surface area contributed by atoms with Crippen LogP contribution in [-0.2, 0) is 9.47 Å². The highest BCUT2D eigenvalue weighted by Gasteiger charge is 2.43. The summed E-state index contributed by atoms with van der Waals surface area (Å²) in [6.45, 7) is 0. The van der Waals surface area contributed by atoms with Gasteiger partial charge in [0, 0.05) is 17.9 Å². The zero-order chi connectivity index (χ0) is 16.1. The summed E-state index contributed by atoms with van der Waals surface area (Å²) in [5.74, 6) is 3.50. The predicted octanol–water partition coefficient (Wildman–Crippen LogP) is 5.74. The van der Waals surface area contributed by atoms with E-state index in [1.54, 1.807) is 0 Å². The van der Waals surface area contributed by atoms with E-state index in [1.165, 1.54) is 74.7 Å². The second kappa shape index (κ2) is 5.72. The molecule has 1 saturated carbocycles. The van der Waals surface area contributed by atoms with Crippen LogP contribution >= 0.6 is 12.2 Å². The third-order valence-corrected chi connectivity index (χ3v) is 7.06. The summed E-state index contributed by atoms with van der Waals surface area (Å²) in [4.78, 5) is 0. The monoisotopic (exact) mass is 342 g/mol. The number of hydrogen-bond acceptors (Lipinski definition) is 3. The van der Waals surface area contributed by atoms with Gasteiger partial charge in [0.2, 0.25) is 0 Å². The Balaban J connectivity index is 1.52. The van der Waals surface area contributed by atoms with Gasteiger partial charge in [-0.05, 0) is 87.6 Å². The van der Waals surface area contributed by atoms with Crippen LogP contribution < -0.4 is 0 Å². The lowest BCUT2D eigenvalue weighted by Crippen LogP contribution is -2.39. The minimum absolute atomic E-state index is 0.123. The number of hydrogen-bond donors (Lipinski definition) is 0. The zero-order valence-electron chi connectivity index (χ0n) is 14.3. The maximum absolute atomic E-state index is 6.77. The fourth-order valence-corrected chi connectivity index (χ4v) is 5.59. The standard InChI is InChI=1S/C21H26O2S/c24-19-7-6-16-12-15-5-4-14-8-11-21(9-2-1-3-10-21)23-20(14)17(15)13-18(16)22-19/h4,13,15-16H,1-3,5-12H2. The van der Waals surface area contributed by atoms with E-state index in [0.29, 0.717) is 11.8 Å². The fourth-order valence-electron chi connectivity index (χ4n) is 5.38. The van der Waals surface area contributed by atoms with Gasteiger partial charge in [-0.3, -0.25) is 0 Å². The van der Waals surface area contributed by atoms with Crippen molar-refractivity contribution in [2.75, 3.05) is 0 Å². The lowest BCUT2D eigenvalue weighted by atomic mass is 9.71. The van der Waals surface area contributed by atoms with Gasteiger partial charge < -0.3 is 9.47 Å². The molecule has 2 saturated heterocycles. The molecule has 3 fully saturated rings. The molecule has 2 heterocycles. The molecule has 0 bridgehead atoms. The van der Waals surface area contributed by atoms with Crippen LogP contribution in [0.2, 0.25) is 0 Å². The Morgan fingerprint density at radius 3 is 2.79 bits per heavy atom. The minimum Gasteiger partial charge on any atom is -0.487 e. The molecule has 3 heteroatoms. The summed E-state index contributed by atoms with van der Waals surface area (Å²) in [7, 11) is 0. The van der Waals surface area contributed by atoms with E-state index in [9.17, 15) is 0 Å². The first-order chi connectivity index (χ1) is 11.7. The molecule has 2 atom stereocenters. The average Bonchev–Trinajstić information content (AvgIpc) is 2.61. The molecule has 0 aromatic rings. The molecule has 2 nitrogen and oxygen atoms in total. The Kier molecular flexibility index (Phi) is 3.62. The van der Waals surface area contributed by atoms with Crippen LogP contribution in [0, 0.1) is 11.8 Å². The maximum atomic E-state index is 6.77. The first-order valence-electron chi connectivity index (χ1n) is 9.77. The molecule has 5 rings (SSSR count). The Morgan fingerprint density at radius 1 is 1.04 bits per heavy atom. The van der Waals surface area contributed by atoms with E-state index < -0.39 is 0 Å². The van der Waals surface area contributed by atoms with E-state index in [2.05, 4.69) is 12.2 Å². The molecule has 1 spiro atoms. The molecule has 0 aromatic heterocycles. The first-order valence-corrected chi connectivity index (χ1v) is 10.2. The first kappa shape index (κ1) is 15.2. The van der Waals surface area contributed by atoms with Crippen molar-refractivity contribution >= 4 is 17.3 Å². The summed E-state index contributed by atoms with van der Waals surface area (Å²) in [5.41, 5.74) is 2.98. The van der Waals surface area contributed by atoms with Gasteiger partial charge in [0.05, 0.1) is 0 Å². The normalized spacial score (nSPS) is 34.2. The van der Waals surface area contributed by atoms with E-state index in [-0.39, 0.29) is 5.60 Å². The smallest absolute Gasteiger partial charge is 0.166 e. The van der Waals surface area contributed by atoms with Crippen molar-refractivity contribution in [3.63, 3.8) is 0 Å². The van der Waals surface area contributed by atoms with Crippen molar-refractivity contribution in [3.8, 4) is 0 Å². The van der Waals surface area contributed by atoms with Crippen molar-refractivity contribution in [1.29, 1.82) is 0 Å². The number of ether oxygens (including phenoxy) is 2. The van der Waals surface area contributed by atoms with Gasteiger partial charge in [0.1, 0.15) is 17.1 Å². The molecule has 2 aliphatic heterocycles. The van der Waals surface area contributed by atoms with E-state index in [1.807, 2.05) is 0 Å². The molecule has 0 aromatic carbocycles. The fraction of sp³-hybridized carbons (Fsp3) is 0.667. The van der Waals surface area contributed by atoms with Gasteiger partial charge in [-0.2, -0.15) is 0 Å². The quantitative estimate of drug-likeness (QED) is 0.523. The van der Waals surface area contributed by atoms with Gasteiger partial charge in [0.25, 0.3) is 0 Å². The second-order valence-corrected chi connectivity index (χ2v) is 8.74. The predicted molar refractivity (Wildman–Crippen MR) is 98.5 cm³/mol. The Bertz CT molecular complexity index is 663. The largest absolute Gasteiger partial charge is 0.487 e. The molecular formula is C21H26O2S. The highest BCUT2D eigenvalue weighted by molar-refractivity contribution is 7.80. The summed E-state index contributed by atoms with van der Waals surface area (Å²) in [6, 6.07) is 0.